The van der Waals surface area contributed by atoms with E-state index in [1.807, 2.05) is 27.7 Å². The molecular formula is C23H29F2NO2S. The van der Waals surface area contributed by atoms with Crippen LogP contribution in [0.5, 0.6) is 0 Å². The number of hydrogen-bond donors (Lipinski definition) is 2. The molecule has 0 unspecified atom stereocenters. The Bertz CT molecular complexity index is 860. The highest BCUT2D eigenvalue weighted by atomic mass is 32.2. The predicted molar refractivity (Wildman–Crippen MR) is 114 cm³/mol. The van der Waals surface area contributed by atoms with E-state index >= 15 is 0 Å². The normalized spacial score (nSPS) is 12.0. The third-order valence-electron chi connectivity index (χ3n) is 4.75. The van der Waals surface area contributed by atoms with E-state index < -0.39 is 11.4 Å². The lowest BCUT2D eigenvalue weighted by Gasteiger charge is -2.20. The summed E-state index contributed by atoms with van der Waals surface area (Å²) in [6, 6.07) is 7.44. The first-order valence-corrected chi connectivity index (χ1v) is 10.5. The number of aliphatic hydroxyl groups is 1. The molecule has 0 aliphatic carbocycles. The highest BCUT2D eigenvalue weighted by Gasteiger charge is 2.21. The van der Waals surface area contributed by atoms with E-state index in [9.17, 15) is 18.7 Å². The van der Waals surface area contributed by atoms with E-state index in [1.165, 1.54) is 38.1 Å². The van der Waals surface area contributed by atoms with Gasteiger partial charge in [-0.25, -0.2) is 8.78 Å². The minimum Gasteiger partial charge on any atom is -0.386 e. The predicted octanol–water partition coefficient (Wildman–Crippen LogP) is 5.81. The van der Waals surface area contributed by atoms with Gasteiger partial charge < -0.3 is 5.11 Å². The Labute approximate surface area is 176 Å². The van der Waals surface area contributed by atoms with Crippen molar-refractivity contribution in [1.82, 2.24) is 4.72 Å². The maximum absolute atomic E-state index is 14.2. The van der Waals surface area contributed by atoms with Crippen molar-refractivity contribution in [3.8, 4) is 0 Å². The largest absolute Gasteiger partial charge is 0.386 e. The lowest BCUT2D eigenvalue weighted by Crippen LogP contribution is -2.21. The molecule has 0 heterocycles. The van der Waals surface area contributed by atoms with Gasteiger partial charge in [0.1, 0.15) is 11.6 Å². The summed E-state index contributed by atoms with van der Waals surface area (Å²) in [5.74, 6) is -0.889. The number of carbonyl (C=O) groups is 1. The van der Waals surface area contributed by atoms with E-state index in [1.54, 1.807) is 6.07 Å². The molecule has 0 aromatic heterocycles. The lowest BCUT2D eigenvalue weighted by molar-refractivity contribution is -0.118. The average Bonchev–Trinajstić information content (AvgIpc) is 2.59. The highest BCUT2D eigenvalue weighted by Crippen LogP contribution is 2.30. The van der Waals surface area contributed by atoms with Crippen LogP contribution in [0.3, 0.4) is 0 Å². The van der Waals surface area contributed by atoms with Crippen molar-refractivity contribution in [3.05, 3.63) is 64.2 Å². The molecule has 158 valence electrons. The minimum atomic E-state index is -1.28. The summed E-state index contributed by atoms with van der Waals surface area (Å²) in [5.41, 5.74) is 1.42. The molecule has 0 aliphatic heterocycles. The monoisotopic (exact) mass is 421 g/mol. The first-order valence-electron chi connectivity index (χ1n) is 9.70. The number of amides is 1. The Morgan fingerprint density at radius 3 is 2.07 bits per heavy atom. The number of rotatable bonds is 7. The third kappa shape index (κ3) is 6.03. The summed E-state index contributed by atoms with van der Waals surface area (Å²) in [4.78, 5) is 13.1. The Hall–Kier alpha value is -1.92. The standard InChI is InChI=1S/C23H29F2NO2S/c1-13(2)17-9-15(24)10-18(14(3)4)19(17)12-22(27)26-29-16-7-8-20(21(25)11-16)23(5,6)28/h7-11,13-14,28H,12H2,1-6H3,(H,26,27). The summed E-state index contributed by atoms with van der Waals surface area (Å²) in [6.07, 6.45) is 0.124. The van der Waals surface area contributed by atoms with E-state index in [-0.39, 0.29) is 35.5 Å². The molecule has 2 N–H and O–H groups in total. The van der Waals surface area contributed by atoms with Crippen LogP contribution in [0, 0.1) is 11.6 Å². The van der Waals surface area contributed by atoms with Gasteiger partial charge in [0.25, 0.3) is 0 Å². The molecule has 0 aliphatic rings. The van der Waals surface area contributed by atoms with Gasteiger partial charge >= 0.3 is 0 Å². The Morgan fingerprint density at radius 1 is 1.07 bits per heavy atom. The molecule has 0 bridgehead atoms. The molecule has 0 atom stereocenters. The Balaban J connectivity index is 2.17. The van der Waals surface area contributed by atoms with Crippen LogP contribution in [0.2, 0.25) is 0 Å². The molecule has 0 spiro atoms. The zero-order chi connectivity index (χ0) is 21.9. The van der Waals surface area contributed by atoms with Crippen LogP contribution >= 0.6 is 11.9 Å². The second-order valence-corrected chi connectivity index (χ2v) is 9.26. The number of hydrogen-bond acceptors (Lipinski definition) is 3. The van der Waals surface area contributed by atoms with E-state index in [0.29, 0.717) is 4.90 Å². The first-order chi connectivity index (χ1) is 13.4. The van der Waals surface area contributed by atoms with Crippen molar-refractivity contribution in [3.63, 3.8) is 0 Å². The van der Waals surface area contributed by atoms with Crippen molar-refractivity contribution in [2.45, 2.75) is 70.3 Å². The van der Waals surface area contributed by atoms with E-state index in [0.717, 1.165) is 28.6 Å². The summed E-state index contributed by atoms with van der Waals surface area (Å²) < 4.78 is 31.0. The molecule has 6 heteroatoms. The van der Waals surface area contributed by atoms with E-state index in [4.69, 9.17) is 0 Å². The lowest BCUT2D eigenvalue weighted by atomic mass is 9.87. The number of carbonyl (C=O) groups excluding carboxylic acids is 1. The molecule has 2 aromatic rings. The van der Waals surface area contributed by atoms with Gasteiger partial charge in [0.2, 0.25) is 5.91 Å². The van der Waals surface area contributed by atoms with E-state index in [2.05, 4.69) is 4.72 Å². The molecule has 0 radical (unpaired) electrons. The Kier molecular flexibility index (Phi) is 7.46. The van der Waals surface area contributed by atoms with Crippen LogP contribution in [0.4, 0.5) is 8.78 Å². The molecule has 2 rings (SSSR count). The maximum atomic E-state index is 14.2. The van der Waals surface area contributed by atoms with Gasteiger partial charge in [0, 0.05) is 10.5 Å². The summed E-state index contributed by atoms with van der Waals surface area (Å²) >= 11 is 1.02. The second kappa shape index (κ2) is 9.26. The van der Waals surface area contributed by atoms with Crippen LogP contribution in [-0.4, -0.2) is 11.0 Å². The van der Waals surface area contributed by atoms with Gasteiger partial charge in [-0.3, -0.25) is 9.52 Å². The topological polar surface area (TPSA) is 49.3 Å². The molecule has 0 fully saturated rings. The quantitative estimate of drug-likeness (QED) is 0.555. The molecule has 3 nitrogen and oxygen atoms in total. The zero-order valence-corrected chi connectivity index (χ0v) is 18.6. The van der Waals surface area contributed by atoms with Gasteiger partial charge in [-0.2, -0.15) is 0 Å². The van der Waals surface area contributed by atoms with Crippen molar-refractivity contribution >= 4 is 17.9 Å². The molecule has 0 saturated carbocycles. The summed E-state index contributed by atoms with van der Waals surface area (Å²) in [6.45, 7) is 10.9. The van der Waals surface area contributed by atoms with Gasteiger partial charge in [-0.1, -0.05) is 33.8 Å². The van der Waals surface area contributed by atoms with Crippen LogP contribution in [0.1, 0.15) is 75.6 Å². The second-order valence-electron chi connectivity index (χ2n) is 8.38. The molecule has 29 heavy (non-hydrogen) atoms. The molecular weight excluding hydrogens is 392 g/mol. The van der Waals surface area contributed by atoms with Gasteiger partial charge in [0.15, 0.2) is 0 Å². The van der Waals surface area contributed by atoms with Crippen LogP contribution < -0.4 is 4.72 Å². The van der Waals surface area contributed by atoms with Crippen LogP contribution in [0.15, 0.2) is 35.2 Å². The van der Waals surface area contributed by atoms with Gasteiger partial charge in [-0.05, 0) is 78.6 Å². The molecule has 0 saturated heterocycles. The third-order valence-corrected chi connectivity index (χ3v) is 5.57. The van der Waals surface area contributed by atoms with Gasteiger partial charge in [0.05, 0.1) is 12.0 Å². The highest BCUT2D eigenvalue weighted by molar-refractivity contribution is 7.98. The van der Waals surface area contributed by atoms with Crippen molar-refractivity contribution in [2.24, 2.45) is 0 Å². The van der Waals surface area contributed by atoms with Crippen molar-refractivity contribution in [1.29, 1.82) is 0 Å². The fraction of sp³-hybridized carbons (Fsp3) is 0.435. The van der Waals surface area contributed by atoms with Crippen molar-refractivity contribution < 1.29 is 18.7 Å². The molecule has 1 amide bonds. The fourth-order valence-corrected chi connectivity index (χ4v) is 3.88. The summed E-state index contributed by atoms with van der Waals surface area (Å²) in [5, 5.41) is 9.96. The first kappa shape index (κ1) is 23.4. The van der Waals surface area contributed by atoms with Crippen LogP contribution in [-0.2, 0) is 16.8 Å². The van der Waals surface area contributed by atoms with Crippen molar-refractivity contribution in [2.75, 3.05) is 0 Å². The van der Waals surface area contributed by atoms with Gasteiger partial charge in [-0.15, -0.1) is 0 Å². The maximum Gasteiger partial charge on any atom is 0.234 e. The number of benzene rings is 2. The summed E-state index contributed by atoms with van der Waals surface area (Å²) in [7, 11) is 0. The number of halogens is 2. The fourth-order valence-electron chi connectivity index (χ4n) is 3.28. The smallest absolute Gasteiger partial charge is 0.234 e. The molecule has 2 aromatic carbocycles. The van der Waals surface area contributed by atoms with Crippen LogP contribution in [0.25, 0.3) is 0 Å². The SMILES string of the molecule is CC(C)c1cc(F)cc(C(C)C)c1CC(=O)NSc1ccc(C(C)(C)O)c(F)c1. The number of nitrogens with one attached hydrogen (secondary N) is 1. The zero-order valence-electron chi connectivity index (χ0n) is 17.8. The Morgan fingerprint density at radius 2 is 1.62 bits per heavy atom. The average molecular weight is 422 g/mol. The minimum absolute atomic E-state index is 0.0853.